The minimum atomic E-state index is -0.800. The van der Waals surface area contributed by atoms with E-state index in [1.807, 2.05) is 66.7 Å². The Morgan fingerprint density at radius 3 is 2.21 bits per heavy atom. The maximum Gasteiger partial charge on any atom is 0.307 e. The molecular formula is C33H36ClNO4. The van der Waals surface area contributed by atoms with Crippen molar-refractivity contribution in [1.29, 1.82) is 0 Å². The number of nitrogens with zero attached hydrogens (tertiary/aromatic N) is 1. The average Bonchev–Trinajstić information content (AvgIpc) is 2.91. The van der Waals surface area contributed by atoms with Gasteiger partial charge in [-0.15, -0.1) is 13.2 Å². The summed E-state index contributed by atoms with van der Waals surface area (Å²) in [6, 6.07) is 22.7. The van der Waals surface area contributed by atoms with Crippen LogP contribution in [0.1, 0.15) is 38.7 Å². The third kappa shape index (κ3) is 7.61. The van der Waals surface area contributed by atoms with Gasteiger partial charge in [0.1, 0.15) is 11.4 Å². The number of esters is 1. The van der Waals surface area contributed by atoms with Crippen molar-refractivity contribution in [2.24, 2.45) is 5.92 Å². The number of methoxy groups -OCH3 is 1. The zero-order valence-electron chi connectivity index (χ0n) is 23.0. The number of halogens is 1. The molecule has 0 saturated carbocycles. The quantitative estimate of drug-likeness (QED) is 0.182. The van der Waals surface area contributed by atoms with Crippen LogP contribution in [0.2, 0.25) is 5.02 Å². The van der Waals surface area contributed by atoms with Crippen molar-refractivity contribution in [1.82, 2.24) is 0 Å². The monoisotopic (exact) mass is 545 g/mol. The summed E-state index contributed by atoms with van der Waals surface area (Å²) in [5, 5.41) is 0.501. The Kier molecular flexibility index (Phi) is 10.1. The molecule has 3 aromatic rings. The van der Waals surface area contributed by atoms with Crippen LogP contribution in [0.15, 0.2) is 98.1 Å². The molecule has 0 aliphatic carbocycles. The minimum absolute atomic E-state index is 0.134. The molecule has 0 radical (unpaired) electrons. The van der Waals surface area contributed by atoms with Crippen LogP contribution in [0, 0.1) is 5.92 Å². The molecule has 3 rings (SSSR count). The molecule has 1 amide bonds. The van der Waals surface area contributed by atoms with Crippen molar-refractivity contribution in [3.63, 3.8) is 0 Å². The molecule has 6 heteroatoms. The van der Waals surface area contributed by atoms with Crippen LogP contribution in [-0.2, 0) is 14.3 Å². The first-order valence-electron chi connectivity index (χ1n) is 12.8. The van der Waals surface area contributed by atoms with E-state index in [-0.39, 0.29) is 18.9 Å². The topological polar surface area (TPSA) is 55.8 Å². The fourth-order valence-electron chi connectivity index (χ4n) is 4.54. The van der Waals surface area contributed by atoms with Crippen LogP contribution in [0.4, 0.5) is 5.69 Å². The molecule has 0 aromatic heterocycles. The van der Waals surface area contributed by atoms with Crippen molar-refractivity contribution in [2.45, 2.75) is 38.7 Å². The van der Waals surface area contributed by atoms with Crippen molar-refractivity contribution < 1.29 is 19.1 Å². The van der Waals surface area contributed by atoms with E-state index in [9.17, 15) is 9.59 Å². The Morgan fingerprint density at radius 2 is 1.62 bits per heavy atom. The van der Waals surface area contributed by atoms with Gasteiger partial charge in [0.15, 0.2) is 0 Å². The van der Waals surface area contributed by atoms with Gasteiger partial charge in [0.05, 0.1) is 19.4 Å². The summed E-state index contributed by atoms with van der Waals surface area (Å²) in [4.78, 5) is 28.9. The molecule has 2 atom stereocenters. The SMILES string of the molecule is C=CCN(C(=O)C(CC(=O)OC(C)(C)C)C(C=C)c1ccccc1Cl)c1ccc(-c2ccccc2OC)cc1. The van der Waals surface area contributed by atoms with Gasteiger partial charge in [-0.3, -0.25) is 9.59 Å². The van der Waals surface area contributed by atoms with E-state index in [2.05, 4.69) is 13.2 Å². The fourth-order valence-corrected chi connectivity index (χ4v) is 4.80. The zero-order chi connectivity index (χ0) is 28.6. The summed E-state index contributed by atoms with van der Waals surface area (Å²) in [5.74, 6) is -1.28. The molecule has 2 unspecified atom stereocenters. The molecule has 0 heterocycles. The first kappa shape index (κ1) is 29.7. The van der Waals surface area contributed by atoms with Gasteiger partial charge in [-0.05, 0) is 56.2 Å². The van der Waals surface area contributed by atoms with E-state index in [0.717, 1.165) is 22.4 Å². The largest absolute Gasteiger partial charge is 0.496 e. The Labute approximate surface area is 236 Å². The first-order valence-corrected chi connectivity index (χ1v) is 13.2. The molecule has 0 aliphatic rings. The van der Waals surface area contributed by atoms with Crippen molar-refractivity contribution in [2.75, 3.05) is 18.6 Å². The first-order chi connectivity index (χ1) is 18.6. The van der Waals surface area contributed by atoms with Crippen LogP contribution >= 0.6 is 11.6 Å². The molecule has 39 heavy (non-hydrogen) atoms. The number of benzene rings is 3. The Hall–Kier alpha value is -3.83. The van der Waals surface area contributed by atoms with Crippen molar-refractivity contribution in [3.8, 4) is 16.9 Å². The van der Waals surface area contributed by atoms with Gasteiger partial charge < -0.3 is 14.4 Å². The third-order valence-electron chi connectivity index (χ3n) is 6.25. The molecule has 5 nitrogen and oxygen atoms in total. The van der Waals surface area contributed by atoms with Gasteiger partial charge in [-0.25, -0.2) is 0 Å². The van der Waals surface area contributed by atoms with Crippen molar-refractivity contribution in [3.05, 3.63) is 109 Å². The van der Waals surface area contributed by atoms with E-state index in [1.54, 1.807) is 51.0 Å². The number of carbonyl (C=O) groups excluding carboxylic acids is 2. The van der Waals surface area contributed by atoms with Crippen LogP contribution in [0.3, 0.4) is 0 Å². The fraction of sp³-hybridized carbons (Fsp3) is 0.273. The normalized spacial score (nSPS) is 12.6. The lowest BCUT2D eigenvalue weighted by atomic mass is 9.82. The highest BCUT2D eigenvalue weighted by Crippen LogP contribution is 2.37. The number of carbonyl (C=O) groups is 2. The van der Waals surface area contributed by atoms with Gasteiger partial charge in [-0.1, -0.05) is 72.3 Å². The highest BCUT2D eigenvalue weighted by molar-refractivity contribution is 6.31. The van der Waals surface area contributed by atoms with Gasteiger partial charge in [0.2, 0.25) is 5.91 Å². The second kappa shape index (κ2) is 13.3. The zero-order valence-corrected chi connectivity index (χ0v) is 23.8. The van der Waals surface area contributed by atoms with Crippen molar-refractivity contribution >= 4 is 29.2 Å². The Morgan fingerprint density at radius 1 is 0.974 bits per heavy atom. The van der Waals surface area contributed by atoms with E-state index < -0.39 is 23.4 Å². The van der Waals surface area contributed by atoms with Crippen LogP contribution < -0.4 is 9.64 Å². The summed E-state index contributed by atoms with van der Waals surface area (Å²) in [6.07, 6.45) is 3.20. The number of hydrogen-bond donors (Lipinski definition) is 0. The predicted molar refractivity (Wildman–Crippen MR) is 159 cm³/mol. The number of amides is 1. The standard InChI is InChI=1S/C33H36ClNO4/c1-7-21-35(24-19-17-23(18-20-24)26-13-10-12-16-30(26)38-6)32(37)28(22-31(36)39-33(3,4)5)25(8-2)27-14-9-11-15-29(27)34/h7-20,25,28H,1-2,21-22H2,3-6H3. The maximum absolute atomic E-state index is 14.2. The van der Waals surface area contributed by atoms with E-state index in [0.29, 0.717) is 10.7 Å². The van der Waals surface area contributed by atoms with Crippen LogP contribution in [-0.4, -0.2) is 31.1 Å². The Balaban J connectivity index is 2.02. The highest BCUT2D eigenvalue weighted by Gasteiger charge is 2.35. The number of allylic oxidation sites excluding steroid dienone is 1. The minimum Gasteiger partial charge on any atom is -0.496 e. The number of hydrogen-bond acceptors (Lipinski definition) is 4. The second-order valence-electron chi connectivity index (χ2n) is 10.2. The van der Waals surface area contributed by atoms with Gasteiger partial charge in [0.25, 0.3) is 0 Å². The molecular weight excluding hydrogens is 510 g/mol. The molecule has 0 N–H and O–H groups in total. The summed E-state index contributed by atoms with van der Waals surface area (Å²) < 4.78 is 11.1. The summed E-state index contributed by atoms with van der Waals surface area (Å²) in [6.45, 7) is 13.5. The summed E-state index contributed by atoms with van der Waals surface area (Å²) in [5.41, 5.74) is 2.61. The predicted octanol–water partition coefficient (Wildman–Crippen LogP) is 7.85. The second-order valence-corrected chi connectivity index (χ2v) is 10.6. The smallest absolute Gasteiger partial charge is 0.307 e. The summed E-state index contributed by atoms with van der Waals surface area (Å²) >= 11 is 6.53. The number of ether oxygens (including phenoxy) is 2. The molecule has 0 aliphatic heterocycles. The molecule has 204 valence electrons. The van der Waals surface area contributed by atoms with Crippen LogP contribution in [0.25, 0.3) is 11.1 Å². The van der Waals surface area contributed by atoms with Crippen LogP contribution in [0.5, 0.6) is 5.75 Å². The lowest BCUT2D eigenvalue weighted by Gasteiger charge is -2.31. The van der Waals surface area contributed by atoms with Gasteiger partial charge in [0, 0.05) is 28.7 Å². The molecule has 0 saturated heterocycles. The average molecular weight is 546 g/mol. The number of anilines is 1. The number of para-hydroxylation sites is 1. The number of rotatable bonds is 11. The van der Waals surface area contributed by atoms with E-state index in [4.69, 9.17) is 21.1 Å². The Bertz CT molecular complexity index is 1310. The van der Waals surface area contributed by atoms with Gasteiger partial charge in [-0.2, -0.15) is 0 Å². The van der Waals surface area contributed by atoms with E-state index >= 15 is 0 Å². The molecule has 0 fully saturated rings. The lowest BCUT2D eigenvalue weighted by Crippen LogP contribution is -2.40. The molecule has 3 aromatic carbocycles. The molecule has 0 bridgehead atoms. The van der Waals surface area contributed by atoms with E-state index in [1.165, 1.54) is 0 Å². The molecule has 0 spiro atoms. The third-order valence-corrected chi connectivity index (χ3v) is 6.59. The van der Waals surface area contributed by atoms with Gasteiger partial charge >= 0.3 is 5.97 Å². The summed E-state index contributed by atoms with van der Waals surface area (Å²) in [7, 11) is 1.64. The maximum atomic E-state index is 14.2. The lowest BCUT2D eigenvalue weighted by molar-refractivity contribution is -0.157. The highest BCUT2D eigenvalue weighted by atomic mass is 35.5.